The highest BCUT2D eigenvalue weighted by molar-refractivity contribution is 7.17. The number of hydrogen-bond acceptors (Lipinski definition) is 2. The van der Waals surface area contributed by atoms with E-state index in [2.05, 4.69) is 12.1 Å². The molecule has 0 amide bonds. The summed E-state index contributed by atoms with van der Waals surface area (Å²) in [5, 5.41) is 3.17. The van der Waals surface area contributed by atoms with E-state index in [9.17, 15) is 13.2 Å². The van der Waals surface area contributed by atoms with Crippen LogP contribution in [0.5, 0.6) is 0 Å². The molecular weight excluding hydrogens is 283 g/mol. The number of aryl methyl sites for hydroxylation is 1. The van der Waals surface area contributed by atoms with Gasteiger partial charge in [-0.3, -0.25) is 0 Å². The molecule has 0 saturated carbocycles. The van der Waals surface area contributed by atoms with Crippen LogP contribution in [-0.4, -0.2) is 12.7 Å². The Morgan fingerprint density at radius 2 is 2.05 bits per heavy atom. The minimum absolute atomic E-state index is 0.00731. The Balaban J connectivity index is 2.15. The summed E-state index contributed by atoms with van der Waals surface area (Å²) in [5.41, 5.74) is 8.02. The maximum absolute atomic E-state index is 12.2. The summed E-state index contributed by atoms with van der Waals surface area (Å²) in [4.78, 5) is 0. The van der Waals surface area contributed by atoms with Crippen LogP contribution in [0.2, 0.25) is 0 Å². The molecule has 0 aliphatic carbocycles. The Hall–Kier alpha value is -1.07. The molecule has 0 bridgehead atoms. The van der Waals surface area contributed by atoms with Crippen LogP contribution in [0.15, 0.2) is 23.6 Å². The lowest BCUT2D eigenvalue weighted by Gasteiger charge is -2.15. The summed E-state index contributed by atoms with van der Waals surface area (Å²) in [6.07, 6.45) is -4.19. The molecule has 1 unspecified atom stereocenters. The fourth-order valence-electron chi connectivity index (χ4n) is 2.43. The van der Waals surface area contributed by atoms with E-state index in [0.717, 1.165) is 16.5 Å². The first-order valence-corrected chi connectivity index (χ1v) is 7.53. The normalized spacial score (nSPS) is 13.8. The molecule has 0 aliphatic rings. The van der Waals surface area contributed by atoms with Crippen molar-refractivity contribution in [1.29, 1.82) is 0 Å². The molecule has 0 fully saturated rings. The van der Waals surface area contributed by atoms with Crippen molar-refractivity contribution in [2.75, 3.05) is 6.54 Å². The molecule has 1 aromatic carbocycles. The van der Waals surface area contributed by atoms with Gasteiger partial charge in [-0.25, -0.2) is 0 Å². The highest BCUT2D eigenvalue weighted by Gasteiger charge is 2.27. The fraction of sp³-hybridized carbons (Fsp3) is 0.467. The maximum atomic E-state index is 12.2. The van der Waals surface area contributed by atoms with E-state index in [1.165, 1.54) is 4.70 Å². The minimum atomic E-state index is -4.08. The van der Waals surface area contributed by atoms with Crippen molar-refractivity contribution >= 4 is 21.4 Å². The summed E-state index contributed by atoms with van der Waals surface area (Å²) in [6.45, 7) is 2.40. The smallest absolute Gasteiger partial charge is 0.330 e. The van der Waals surface area contributed by atoms with E-state index in [1.807, 2.05) is 18.4 Å². The summed E-state index contributed by atoms with van der Waals surface area (Å²) in [7, 11) is 0. The van der Waals surface area contributed by atoms with Crippen LogP contribution in [0.25, 0.3) is 10.1 Å². The molecule has 1 nitrogen and oxygen atoms in total. The molecular formula is C15H18F3NS. The molecule has 0 saturated heterocycles. The van der Waals surface area contributed by atoms with Crippen molar-refractivity contribution in [1.82, 2.24) is 0 Å². The van der Waals surface area contributed by atoms with Gasteiger partial charge in [0.1, 0.15) is 0 Å². The maximum Gasteiger partial charge on any atom is 0.389 e. The Labute approximate surface area is 120 Å². The van der Waals surface area contributed by atoms with Crippen LogP contribution in [0.1, 0.15) is 36.3 Å². The number of thiophene rings is 1. The average molecular weight is 301 g/mol. The number of halogens is 3. The van der Waals surface area contributed by atoms with Gasteiger partial charge < -0.3 is 5.73 Å². The van der Waals surface area contributed by atoms with Crippen LogP contribution in [0.3, 0.4) is 0 Å². The third-order valence-corrected chi connectivity index (χ3v) is 4.48. The first kappa shape index (κ1) is 15.3. The topological polar surface area (TPSA) is 26.0 Å². The Morgan fingerprint density at radius 1 is 1.30 bits per heavy atom. The van der Waals surface area contributed by atoms with E-state index in [1.54, 1.807) is 11.3 Å². The predicted molar refractivity (Wildman–Crippen MR) is 78.3 cm³/mol. The van der Waals surface area contributed by atoms with Crippen LogP contribution < -0.4 is 5.73 Å². The zero-order valence-electron chi connectivity index (χ0n) is 11.3. The van der Waals surface area contributed by atoms with Crippen molar-refractivity contribution in [3.8, 4) is 0 Å². The van der Waals surface area contributed by atoms with Gasteiger partial charge in [-0.1, -0.05) is 17.7 Å². The second-order valence-electron chi connectivity index (χ2n) is 5.13. The summed E-state index contributed by atoms with van der Waals surface area (Å²) >= 11 is 1.63. The summed E-state index contributed by atoms with van der Waals surface area (Å²) in [5.74, 6) is 0.00731. The quantitative estimate of drug-likeness (QED) is 0.827. The van der Waals surface area contributed by atoms with Crippen LogP contribution in [0.4, 0.5) is 13.2 Å². The van der Waals surface area contributed by atoms with Crippen molar-refractivity contribution in [3.63, 3.8) is 0 Å². The number of fused-ring (bicyclic) bond motifs is 1. The predicted octanol–water partition coefficient (Wildman–Crippen LogP) is 4.98. The fourth-order valence-corrected chi connectivity index (χ4v) is 3.45. The molecule has 2 rings (SSSR count). The molecule has 1 atom stereocenters. The molecule has 5 heteroatoms. The van der Waals surface area contributed by atoms with Gasteiger partial charge in [0.15, 0.2) is 0 Å². The Kier molecular flexibility index (Phi) is 4.70. The van der Waals surface area contributed by atoms with Crippen LogP contribution in [-0.2, 0) is 0 Å². The number of alkyl halides is 3. The van der Waals surface area contributed by atoms with Crippen molar-refractivity contribution in [2.24, 2.45) is 5.73 Å². The number of rotatable bonds is 5. The lowest BCUT2D eigenvalue weighted by molar-refractivity contribution is -0.135. The first-order chi connectivity index (χ1) is 9.40. The molecule has 110 valence electrons. The van der Waals surface area contributed by atoms with Crippen molar-refractivity contribution < 1.29 is 13.2 Å². The van der Waals surface area contributed by atoms with Gasteiger partial charge in [-0.2, -0.15) is 13.2 Å². The van der Waals surface area contributed by atoms with Gasteiger partial charge >= 0.3 is 6.18 Å². The lowest BCUT2D eigenvalue weighted by Crippen LogP contribution is -2.14. The van der Waals surface area contributed by atoms with Gasteiger partial charge in [0.2, 0.25) is 0 Å². The van der Waals surface area contributed by atoms with Gasteiger partial charge in [-0.15, -0.1) is 11.3 Å². The lowest BCUT2D eigenvalue weighted by atomic mass is 9.93. The highest BCUT2D eigenvalue weighted by atomic mass is 32.1. The van der Waals surface area contributed by atoms with E-state index in [4.69, 9.17) is 5.73 Å². The van der Waals surface area contributed by atoms with E-state index in [0.29, 0.717) is 13.0 Å². The molecule has 1 heterocycles. The van der Waals surface area contributed by atoms with Crippen molar-refractivity contribution in [2.45, 2.75) is 38.3 Å². The monoisotopic (exact) mass is 301 g/mol. The molecule has 1 aromatic heterocycles. The van der Waals surface area contributed by atoms with E-state index < -0.39 is 12.6 Å². The molecule has 0 spiro atoms. The Bertz CT molecular complexity index is 574. The van der Waals surface area contributed by atoms with E-state index >= 15 is 0 Å². The second kappa shape index (κ2) is 6.14. The Morgan fingerprint density at radius 3 is 2.70 bits per heavy atom. The van der Waals surface area contributed by atoms with Crippen molar-refractivity contribution in [3.05, 3.63) is 34.7 Å². The molecule has 0 aliphatic heterocycles. The van der Waals surface area contributed by atoms with Gasteiger partial charge in [-0.05, 0) is 54.6 Å². The second-order valence-corrected chi connectivity index (χ2v) is 6.04. The SMILES string of the molecule is Cc1ccc2scc(C(CN)CCCC(F)(F)F)c2c1. The van der Waals surface area contributed by atoms with Gasteiger partial charge in [0, 0.05) is 11.1 Å². The average Bonchev–Trinajstić information content (AvgIpc) is 2.76. The van der Waals surface area contributed by atoms with Crippen LogP contribution >= 0.6 is 11.3 Å². The van der Waals surface area contributed by atoms with Gasteiger partial charge in [0.05, 0.1) is 0 Å². The summed E-state index contributed by atoms with van der Waals surface area (Å²) < 4.78 is 37.9. The van der Waals surface area contributed by atoms with Gasteiger partial charge in [0.25, 0.3) is 0 Å². The third-order valence-electron chi connectivity index (χ3n) is 3.50. The standard InChI is InChI=1S/C15H18F3NS/c1-10-4-5-14-12(7-10)13(9-20-14)11(8-19)3-2-6-15(16,17)18/h4-5,7,9,11H,2-3,6,8,19H2,1H3. The largest absolute Gasteiger partial charge is 0.389 e. The molecule has 2 N–H and O–H groups in total. The zero-order chi connectivity index (χ0) is 14.8. The zero-order valence-corrected chi connectivity index (χ0v) is 12.2. The minimum Gasteiger partial charge on any atom is -0.330 e. The van der Waals surface area contributed by atoms with E-state index in [-0.39, 0.29) is 12.3 Å². The third kappa shape index (κ3) is 3.73. The molecule has 2 aromatic rings. The summed E-state index contributed by atoms with van der Waals surface area (Å²) in [6, 6.07) is 6.19. The number of nitrogens with two attached hydrogens (primary N) is 1. The number of benzene rings is 1. The molecule has 20 heavy (non-hydrogen) atoms. The highest BCUT2D eigenvalue weighted by Crippen LogP contribution is 2.35. The molecule has 0 radical (unpaired) electrons. The first-order valence-electron chi connectivity index (χ1n) is 6.65. The number of hydrogen-bond donors (Lipinski definition) is 1. The van der Waals surface area contributed by atoms with Crippen LogP contribution in [0, 0.1) is 6.92 Å².